The molecule has 0 saturated carbocycles. The molecule has 11 aromatic carbocycles. The lowest BCUT2D eigenvalue weighted by Crippen LogP contribution is -2.15. The lowest BCUT2D eigenvalue weighted by molar-refractivity contribution is 0.666. The molecule has 0 fully saturated rings. The van der Waals surface area contributed by atoms with Crippen LogP contribution in [0.25, 0.3) is 121 Å². The van der Waals surface area contributed by atoms with E-state index in [0.717, 1.165) is 33.1 Å². The van der Waals surface area contributed by atoms with E-state index in [0.29, 0.717) is 0 Å². The summed E-state index contributed by atoms with van der Waals surface area (Å²) < 4.78 is 6.63. The molecule has 0 unspecified atom stereocenters. The van der Waals surface area contributed by atoms with Gasteiger partial charge in [0.15, 0.2) is 0 Å². The second-order valence-corrected chi connectivity index (χ2v) is 17.4. The molecular formula is C61H40O. The topological polar surface area (TPSA) is 13.1 Å². The highest BCUT2D eigenvalue weighted by Gasteiger charge is 2.39. The Morgan fingerprint density at radius 3 is 1.48 bits per heavy atom. The van der Waals surface area contributed by atoms with Gasteiger partial charge in [-0.25, -0.2) is 0 Å². The van der Waals surface area contributed by atoms with E-state index >= 15 is 0 Å². The van der Waals surface area contributed by atoms with Gasteiger partial charge in [-0.05, 0) is 116 Å². The van der Waals surface area contributed by atoms with E-state index in [1.54, 1.807) is 0 Å². The summed E-state index contributed by atoms with van der Waals surface area (Å²) in [5, 5.41) is 12.5. The van der Waals surface area contributed by atoms with Crippen molar-refractivity contribution in [1.82, 2.24) is 0 Å². The van der Waals surface area contributed by atoms with Crippen molar-refractivity contribution in [2.24, 2.45) is 0 Å². The van der Waals surface area contributed by atoms with Crippen LogP contribution in [-0.2, 0) is 5.41 Å². The molecule has 0 amide bonds. The average molecular weight is 789 g/mol. The van der Waals surface area contributed by atoms with E-state index in [1.807, 2.05) is 6.07 Å². The summed E-state index contributed by atoms with van der Waals surface area (Å²) in [6, 6.07) is 76.0. The average Bonchev–Trinajstić information content (AvgIpc) is 3.83. The van der Waals surface area contributed by atoms with Gasteiger partial charge in [-0.1, -0.05) is 208 Å². The zero-order valence-electron chi connectivity index (χ0n) is 34.5. The van der Waals surface area contributed by atoms with E-state index in [4.69, 9.17) is 4.42 Å². The van der Waals surface area contributed by atoms with Crippen LogP contribution in [0, 0.1) is 0 Å². The minimum absolute atomic E-state index is 0.170. The summed E-state index contributed by atoms with van der Waals surface area (Å²) in [5.74, 6) is 0. The lowest BCUT2D eigenvalue weighted by Gasteiger charge is -2.24. The summed E-state index contributed by atoms with van der Waals surface area (Å²) in [4.78, 5) is 0. The van der Waals surface area contributed by atoms with Gasteiger partial charge in [-0.2, -0.15) is 0 Å². The van der Waals surface area contributed by atoms with Crippen LogP contribution in [0.3, 0.4) is 0 Å². The standard InChI is InChI=1S/C61H40O/c1-61(2)53-34-17-31-39(57(53)58-45-25-7-3-20-40(45)41-21-5-12-30-50(41)59(58)61)37-18-15-19-38(36-37)55-46-26-8-10-28-48(46)56(49-29-11-9-27-47(49)55)44-24-6-4-22-42(44)51-32-16-33-52-43-23-13-14-35-54(43)62-60(51)52/h3-36H,1-2H3. The molecule has 1 aliphatic carbocycles. The summed E-state index contributed by atoms with van der Waals surface area (Å²) in [5.41, 5.74) is 16.8. The van der Waals surface area contributed by atoms with Crippen molar-refractivity contribution in [2.75, 3.05) is 0 Å². The minimum atomic E-state index is -0.170. The first-order valence-corrected chi connectivity index (χ1v) is 21.7. The van der Waals surface area contributed by atoms with E-state index in [9.17, 15) is 0 Å². The van der Waals surface area contributed by atoms with E-state index in [1.165, 1.54) is 98.7 Å². The molecule has 0 aliphatic heterocycles. The highest BCUT2D eigenvalue weighted by molar-refractivity contribution is 6.24. The Balaban J connectivity index is 1.04. The molecule has 13 rings (SSSR count). The molecule has 1 heteroatoms. The molecule has 1 nitrogen and oxygen atoms in total. The Kier molecular flexibility index (Phi) is 7.42. The lowest BCUT2D eigenvalue weighted by atomic mass is 9.79. The van der Waals surface area contributed by atoms with Crippen molar-refractivity contribution < 1.29 is 4.42 Å². The van der Waals surface area contributed by atoms with Crippen molar-refractivity contribution in [2.45, 2.75) is 19.3 Å². The maximum Gasteiger partial charge on any atom is 0.143 e. The molecule has 0 radical (unpaired) electrons. The Hall–Kier alpha value is -7.74. The Morgan fingerprint density at radius 2 is 0.774 bits per heavy atom. The maximum absolute atomic E-state index is 6.63. The SMILES string of the molecule is CC1(C)c2cccc(-c3cccc(-c4c5ccccc5c(-c5ccccc5-c5cccc6c5oc5ccccc56)c5ccccc45)c3)c2-c2c1c1ccccc1c1ccccc21. The summed E-state index contributed by atoms with van der Waals surface area (Å²) in [6.07, 6.45) is 0. The predicted octanol–water partition coefficient (Wildman–Crippen LogP) is 17.2. The number of benzene rings is 11. The largest absolute Gasteiger partial charge is 0.455 e. The predicted molar refractivity (Wildman–Crippen MR) is 263 cm³/mol. The van der Waals surface area contributed by atoms with Crippen LogP contribution >= 0.6 is 0 Å². The third kappa shape index (κ3) is 4.85. The molecular weight excluding hydrogens is 749 g/mol. The van der Waals surface area contributed by atoms with Gasteiger partial charge in [0.1, 0.15) is 11.2 Å². The van der Waals surface area contributed by atoms with Gasteiger partial charge in [-0.3, -0.25) is 0 Å². The zero-order valence-corrected chi connectivity index (χ0v) is 34.5. The number of fused-ring (bicyclic) bond motifs is 13. The first kappa shape index (κ1) is 35.1. The molecule has 0 bridgehead atoms. The quantitative estimate of drug-likeness (QED) is 0.128. The molecule has 1 aliphatic rings. The van der Waals surface area contributed by atoms with Crippen LogP contribution in [0.2, 0.25) is 0 Å². The third-order valence-electron chi connectivity index (χ3n) is 13.8. The fourth-order valence-electron chi connectivity index (χ4n) is 11.2. The molecule has 12 aromatic rings. The van der Waals surface area contributed by atoms with E-state index in [2.05, 4.69) is 214 Å². The summed E-state index contributed by atoms with van der Waals surface area (Å²) >= 11 is 0. The Bertz CT molecular complexity index is 3780. The van der Waals surface area contributed by atoms with Crippen molar-refractivity contribution in [3.8, 4) is 55.6 Å². The Labute approximate surface area is 360 Å². The number of hydrogen-bond acceptors (Lipinski definition) is 1. The van der Waals surface area contributed by atoms with Crippen molar-refractivity contribution in [3.05, 3.63) is 217 Å². The van der Waals surface area contributed by atoms with Crippen LogP contribution in [-0.4, -0.2) is 0 Å². The second kappa shape index (κ2) is 13.1. The summed E-state index contributed by atoms with van der Waals surface area (Å²) in [6.45, 7) is 4.82. The number of furan rings is 1. The highest BCUT2D eigenvalue weighted by Crippen LogP contribution is 2.57. The third-order valence-corrected chi connectivity index (χ3v) is 13.8. The summed E-state index contributed by atoms with van der Waals surface area (Å²) in [7, 11) is 0. The smallest absolute Gasteiger partial charge is 0.143 e. The molecule has 0 spiro atoms. The number of para-hydroxylation sites is 2. The first-order chi connectivity index (χ1) is 30.6. The normalized spacial score (nSPS) is 13.1. The molecule has 0 saturated heterocycles. The van der Waals surface area contributed by atoms with Gasteiger partial charge in [0.25, 0.3) is 0 Å². The maximum atomic E-state index is 6.63. The zero-order chi connectivity index (χ0) is 41.1. The van der Waals surface area contributed by atoms with Crippen LogP contribution in [0.15, 0.2) is 211 Å². The van der Waals surface area contributed by atoms with Gasteiger partial charge in [-0.15, -0.1) is 0 Å². The number of rotatable bonds is 4. The fourth-order valence-corrected chi connectivity index (χ4v) is 11.2. The molecule has 290 valence electrons. The molecule has 0 atom stereocenters. The van der Waals surface area contributed by atoms with Gasteiger partial charge < -0.3 is 4.42 Å². The van der Waals surface area contributed by atoms with Gasteiger partial charge in [0, 0.05) is 21.8 Å². The monoisotopic (exact) mass is 788 g/mol. The van der Waals surface area contributed by atoms with Crippen LogP contribution in [0.4, 0.5) is 0 Å². The molecule has 0 N–H and O–H groups in total. The van der Waals surface area contributed by atoms with Crippen molar-refractivity contribution >= 4 is 65.0 Å². The Morgan fingerprint density at radius 1 is 0.306 bits per heavy atom. The highest BCUT2D eigenvalue weighted by atomic mass is 16.3. The van der Waals surface area contributed by atoms with Gasteiger partial charge in [0.05, 0.1) is 0 Å². The van der Waals surface area contributed by atoms with E-state index < -0.39 is 0 Å². The first-order valence-electron chi connectivity index (χ1n) is 21.7. The number of hydrogen-bond donors (Lipinski definition) is 0. The van der Waals surface area contributed by atoms with Gasteiger partial charge >= 0.3 is 0 Å². The molecule has 1 heterocycles. The van der Waals surface area contributed by atoms with Crippen LogP contribution in [0.1, 0.15) is 25.0 Å². The van der Waals surface area contributed by atoms with Crippen LogP contribution in [0.5, 0.6) is 0 Å². The second-order valence-electron chi connectivity index (χ2n) is 17.4. The minimum Gasteiger partial charge on any atom is -0.455 e. The fraction of sp³-hybridized carbons (Fsp3) is 0.0492. The van der Waals surface area contributed by atoms with E-state index in [-0.39, 0.29) is 5.41 Å². The van der Waals surface area contributed by atoms with Crippen LogP contribution < -0.4 is 0 Å². The van der Waals surface area contributed by atoms with Gasteiger partial charge in [0.2, 0.25) is 0 Å². The molecule has 1 aromatic heterocycles. The van der Waals surface area contributed by atoms with Crippen molar-refractivity contribution in [1.29, 1.82) is 0 Å². The molecule has 62 heavy (non-hydrogen) atoms. The van der Waals surface area contributed by atoms with Crippen molar-refractivity contribution in [3.63, 3.8) is 0 Å².